The van der Waals surface area contributed by atoms with Gasteiger partial charge in [0.05, 0.1) is 23.9 Å². The van der Waals surface area contributed by atoms with E-state index in [9.17, 15) is 0 Å². The minimum atomic E-state index is 0.517. The van der Waals surface area contributed by atoms with Gasteiger partial charge in [-0.3, -0.25) is 4.90 Å². The molecule has 1 aromatic carbocycles. The summed E-state index contributed by atoms with van der Waals surface area (Å²) in [7, 11) is 0. The predicted molar refractivity (Wildman–Crippen MR) is 96.3 cm³/mol. The molecule has 3 rings (SSSR count). The van der Waals surface area contributed by atoms with Crippen LogP contribution in [-0.4, -0.2) is 40.8 Å². The third kappa shape index (κ3) is 4.77. The molecule has 0 unspecified atom stereocenters. The number of likely N-dealkylation sites (tertiary alicyclic amines) is 1. The van der Waals surface area contributed by atoms with Gasteiger partial charge < -0.3 is 4.74 Å². The van der Waals surface area contributed by atoms with Crippen LogP contribution in [-0.2, 0) is 6.42 Å². The molecule has 2 heterocycles. The lowest BCUT2D eigenvalue weighted by atomic mass is 10.1. The van der Waals surface area contributed by atoms with Crippen LogP contribution in [0.5, 0.6) is 5.88 Å². The Morgan fingerprint density at radius 1 is 1.28 bits per heavy atom. The summed E-state index contributed by atoms with van der Waals surface area (Å²) >= 11 is 0. The molecule has 1 fully saturated rings. The lowest BCUT2D eigenvalue weighted by Crippen LogP contribution is -2.29. The van der Waals surface area contributed by atoms with Crippen LogP contribution in [0.2, 0.25) is 0 Å². The molecule has 0 saturated carbocycles. The lowest BCUT2D eigenvalue weighted by Gasteiger charge is -2.21. The Kier molecular flexibility index (Phi) is 5.62. The molecule has 1 saturated heterocycles. The number of benzene rings is 1. The van der Waals surface area contributed by atoms with Crippen molar-refractivity contribution in [1.82, 2.24) is 15.1 Å². The molecule has 0 bridgehead atoms. The Morgan fingerprint density at radius 3 is 2.92 bits per heavy atom. The highest BCUT2D eigenvalue weighted by atomic mass is 16.5. The first-order valence-corrected chi connectivity index (χ1v) is 8.80. The van der Waals surface area contributed by atoms with E-state index < -0.39 is 0 Å². The molecule has 0 amide bonds. The average Bonchev–Trinajstić information content (AvgIpc) is 2.99. The Labute approximate surface area is 149 Å². The zero-order valence-corrected chi connectivity index (χ0v) is 14.9. The van der Waals surface area contributed by atoms with Crippen LogP contribution in [0, 0.1) is 24.2 Å². The average molecular weight is 336 g/mol. The second-order valence-electron chi connectivity index (χ2n) is 6.83. The molecule has 2 atom stereocenters. The molecule has 5 heteroatoms. The highest BCUT2D eigenvalue weighted by Crippen LogP contribution is 2.24. The van der Waals surface area contributed by atoms with Crippen molar-refractivity contribution in [3.63, 3.8) is 0 Å². The van der Waals surface area contributed by atoms with Gasteiger partial charge >= 0.3 is 0 Å². The molecule has 0 radical (unpaired) electrons. The zero-order chi connectivity index (χ0) is 17.6. The second kappa shape index (κ2) is 8.09. The topological polar surface area (TPSA) is 62.0 Å². The van der Waals surface area contributed by atoms with Crippen molar-refractivity contribution >= 4 is 0 Å². The number of hydrogen-bond donors (Lipinski definition) is 0. The molecule has 5 nitrogen and oxygen atoms in total. The van der Waals surface area contributed by atoms with Crippen LogP contribution in [0.15, 0.2) is 36.4 Å². The van der Waals surface area contributed by atoms with Gasteiger partial charge in [-0.2, -0.15) is 10.4 Å². The molecule has 1 aliphatic rings. The van der Waals surface area contributed by atoms with Crippen molar-refractivity contribution in [2.45, 2.75) is 32.7 Å². The van der Waals surface area contributed by atoms with E-state index in [1.165, 1.54) is 5.56 Å². The quantitative estimate of drug-likeness (QED) is 0.811. The highest BCUT2D eigenvalue weighted by Gasteiger charge is 2.29. The lowest BCUT2D eigenvalue weighted by molar-refractivity contribution is 0.227. The summed E-state index contributed by atoms with van der Waals surface area (Å²) in [5, 5.41) is 17.1. The fourth-order valence-corrected chi connectivity index (χ4v) is 3.39. The summed E-state index contributed by atoms with van der Waals surface area (Å²) < 4.78 is 5.80. The largest absolute Gasteiger partial charge is 0.476 e. The third-order valence-electron chi connectivity index (χ3n) is 4.77. The van der Waals surface area contributed by atoms with Crippen molar-refractivity contribution in [3.8, 4) is 11.9 Å². The van der Waals surface area contributed by atoms with Crippen LogP contribution >= 0.6 is 0 Å². The second-order valence-corrected chi connectivity index (χ2v) is 6.83. The van der Waals surface area contributed by atoms with Crippen LogP contribution < -0.4 is 4.74 Å². The normalized spacial score (nSPS) is 20.4. The third-order valence-corrected chi connectivity index (χ3v) is 4.77. The van der Waals surface area contributed by atoms with Crippen molar-refractivity contribution < 1.29 is 4.74 Å². The van der Waals surface area contributed by atoms with E-state index in [-0.39, 0.29) is 0 Å². The molecule has 2 aromatic rings. The van der Waals surface area contributed by atoms with E-state index in [2.05, 4.69) is 34.2 Å². The van der Waals surface area contributed by atoms with Crippen LogP contribution in [0.3, 0.4) is 0 Å². The molecular weight excluding hydrogens is 312 g/mol. The van der Waals surface area contributed by atoms with Crippen molar-refractivity contribution in [2.75, 3.05) is 19.7 Å². The first kappa shape index (κ1) is 17.4. The van der Waals surface area contributed by atoms with Crippen LogP contribution in [0.4, 0.5) is 0 Å². The van der Waals surface area contributed by atoms with Gasteiger partial charge in [-0.1, -0.05) is 12.1 Å². The van der Waals surface area contributed by atoms with Crippen LogP contribution in [0.1, 0.15) is 30.2 Å². The van der Waals surface area contributed by atoms with Crippen molar-refractivity contribution in [2.24, 2.45) is 5.92 Å². The SMILES string of the molecule is Cc1ccc(OC[C@H]2C[C@@H](C)N(CCc3cccc(C#N)c3)C2)nn1. The highest BCUT2D eigenvalue weighted by molar-refractivity contribution is 5.32. The maximum absolute atomic E-state index is 9.00. The van der Waals surface area contributed by atoms with Gasteiger partial charge in [-0.15, -0.1) is 5.10 Å². The van der Waals surface area contributed by atoms with E-state index in [4.69, 9.17) is 10.00 Å². The minimum Gasteiger partial charge on any atom is -0.476 e. The van der Waals surface area contributed by atoms with Gasteiger partial charge in [0, 0.05) is 31.1 Å². The first-order valence-electron chi connectivity index (χ1n) is 8.80. The summed E-state index contributed by atoms with van der Waals surface area (Å²) in [6, 6.07) is 14.4. The van der Waals surface area contributed by atoms with E-state index >= 15 is 0 Å². The summed E-state index contributed by atoms with van der Waals surface area (Å²) in [6.07, 6.45) is 2.11. The molecule has 0 aliphatic carbocycles. The number of aromatic nitrogens is 2. The maximum Gasteiger partial charge on any atom is 0.233 e. The van der Waals surface area contributed by atoms with Crippen LogP contribution in [0.25, 0.3) is 0 Å². The number of hydrogen-bond acceptors (Lipinski definition) is 5. The van der Waals surface area contributed by atoms with E-state index in [0.717, 1.165) is 37.2 Å². The monoisotopic (exact) mass is 336 g/mol. The van der Waals surface area contributed by atoms with Crippen molar-refractivity contribution in [1.29, 1.82) is 5.26 Å². The smallest absolute Gasteiger partial charge is 0.233 e. The molecule has 0 N–H and O–H groups in total. The summed E-state index contributed by atoms with van der Waals surface area (Å²) in [4.78, 5) is 2.51. The van der Waals surface area contributed by atoms with Gasteiger partial charge in [0.15, 0.2) is 0 Å². The fraction of sp³-hybridized carbons (Fsp3) is 0.450. The molecule has 1 aromatic heterocycles. The Balaban J connectivity index is 1.47. The van der Waals surface area contributed by atoms with Gasteiger partial charge in [0.2, 0.25) is 5.88 Å². The Hall–Kier alpha value is -2.45. The number of aryl methyl sites for hydroxylation is 1. The number of nitrogens with zero attached hydrogens (tertiary/aromatic N) is 4. The van der Waals surface area contributed by atoms with Gasteiger partial charge in [-0.05, 0) is 50.5 Å². The summed E-state index contributed by atoms with van der Waals surface area (Å²) in [5.74, 6) is 1.12. The molecule has 1 aliphatic heterocycles. The molecule has 25 heavy (non-hydrogen) atoms. The van der Waals surface area contributed by atoms with E-state index in [1.54, 1.807) is 0 Å². The summed E-state index contributed by atoms with van der Waals surface area (Å²) in [6.45, 7) is 6.93. The molecular formula is C20H24N4O. The maximum atomic E-state index is 9.00. The van der Waals surface area contributed by atoms with Gasteiger partial charge in [0.25, 0.3) is 0 Å². The Bertz CT molecular complexity index is 738. The number of rotatable bonds is 6. The standard InChI is InChI=1S/C20H24N4O/c1-15-6-7-20(23-22-15)25-14-19-10-16(2)24(13-19)9-8-17-4-3-5-18(11-17)12-21/h3-7,11,16,19H,8-10,13-14H2,1-2H3/t16-,19+/m1/s1. The Morgan fingerprint density at radius 2 is 2.16 bits per heavy atom. The summed E-state index contributed by atoms with van der Waals surface area (Å²) in [5.41, 5.74) is 2.85. The minimum absolute atomic E-state index is 0.517. The number of ether oxygens (including phenoxy) is 1. The number of nitriles is 1. The van der Waals surface area contributed by atoms with E-state index in [0.29, 0.717) is 24.4 Å². The van der Waals surface area contributed by atoms with Crippen molar-refractivity contribution in [3.05, 3.63) is 53.2 Å². The van der Waals surface area contributed by atoms with Gasteiger partial charge in [0.1, 0.15) is 0 Å². The van der Waals surface area contributed by atoms with Gasteiger partial charge in [-0.25, -0.2) is 0 Å². The predicted octanol–water partition coefficient (Wildman–Crippen LogP) is 2.99. The fourth-order valence-electron chi connectivity index (χ4n) is 3.39. The first-order chi connectivity index (χ1) is 12.1. The molecule has 130 valence electrons. The molecule has 0 spiro atoms. The zero-order valence-electron chi connectivity index (χ0n) is 14.9. The van der Waals surface area contributed by atoms with E-state index in [1.807, 2.05) is 37.3 Å².